The van der Waals surface area contributed by atoms with E-state index in [1.807, 2.05) is 0 Å². The summed E-state index contributed by atoms with van der Waals surface area (Å²) < 4.78 is 31.1. The molecule has 2 rings (SSSR count). The van der Waals surface area contributed by atoms with Crippen molar-refractivity contribution in [2.45, 2.75) is 33.2 Å². The lowest BCUT2D eigenvalue weighted by atomic mass is 10.1. The predicted molar refractivity (Wildman–Crippen MR) is 114 cm³/mol. The summed E-state index contributed by atoms with van der Waals surface area (Å²) in [6.07, 6.45) is 1.34. The molecule has 8 heteroatoms. The van der Waals surface area contributed by atoms with Gasteiger partial charge in [-0.3, -0.25) is 9.10 Å². The summed E-state index contributed by atoms with van der Waals surface area (Å²) in [5.41, 5.74) is 1.75. The Morgan fingerprint density at radius 2 is 1.72 bits per heavy atom. The number of carbonyl (C=O) groups is 2. The lowest BCUT2D eigenvalue weighted by Crippen LogP contribution is -2.47. The Labute approximate surface area is 171 Å². The van der Waals surface area contributed by atoms with E-state index in [-0.39, 0.29) is 13.0 Å². The fourth-order valence-corrected chi connectivity index (χ4v) is 4.26. The maximum absolute atomic E-state index is 13.0. The standard InChI is InChI=1S/C21H26N2O5S/c1-5-19(23(29(4,26)27)16-11-8-7-9-12-16)20(24)22-18-14-10-13-17(15(18)3)21(25)28-6-2/h7-14,19H,5-6H2,1-4H3,(H,22,24). The lowest BCUT2D eigenvalue weighted by Gasteiger charge is -2.30. The number of benzene rings is 2. The van der Waals surface area contributed by atoms with Crippen LogP contribution >= 0.6 is 0 Å². The molecule has 0 heterocycles. The number of nitrogens with one attached hydrogen (secondary N) is 1. The van der Waals surface area contributed by atoms with Gasteiger partial charge in [0.15, 0.2) is 0 Å². The third-order valence-corrected chi connectivity index (χ3v) is 5.61. The van der Waals surface area contributed by atoms with E-state index in [9.17, 15) is 18.0 Å². The molecule has 1 amide bonds. The normalized spacial score (nSPS) is 12.1. The van der Waals surface area contributed by atoms with Crippen molar-refractivity contribution in [3.63, 3.8) is 0 Å². The second kappa shape index (κ2) is 9.56. The number of para-hydroxylation sites is 1. The van der Waals surface area contributed by atoms with E-state index >= 15 is 0 Å². The maximum Gasteiger partial charge on any atom is 0.338 e. The van der Waals surface area contributed by atoms with Crippen LogP contribution in [0.5, 0.6) is 0 Å². The Bertz CT molecular complexity index is 974. The summed E-state index contributed by atoms with van der Waals surface area (Å²) in [4.78, 5) is 25.1. The summed E-state index contributed by atoms with van der Waals surface area (Å²) in [6, 6.07) is 12.5. The Morgan fingerprint density at radius 3 is 2.28 bits per heavy atom. The first-order chi connectivity index (χ1) is 13.7. The molecule has 0 radical (unpaired) electrons. The molecule has 0 saturated carbocycles. The molecule has 1 unspecified atom stereocenters. The van der Waals surface area contributed by atoms with Gasteiger partial charge in [0.25, 0.3) is 0 Å². The Kier molecular flexibility index (Phi) is 7.39. The van der Waals surface area contributed by atoms with Gasteiger partial charge in [-0.25, -0.2) is 13.2 Å². The molecule has 1 atom stereocenters. The number of sulfonamides is 1. The van der Waals surface area contributed by atoms with E-state index in [0.717, 1.165) is 10.6 Å². The minimum atomic E-state index is -3.71. The van der Waals surface area contributed by atoms with Gasteiger partial charge in [-0.15, -0.1) is 0 Å². The number of carbonyl (C=O) groups excluding carboxylic acids is 2. The third-order valence-electron chi connectivity index (χ3n) is 4.43. The average molecular weight is 419 g/mol. The van der Waals surface area contributed by atoms with Crippen molar-refractivity contribution < 1.29 is 22.7 Å². The quantitative estimate of drug-likeness (QED) is 0.664. The first kappa shape index (κ1) is 22.4. The van der Waals surface area contributed by atoms with E-state index in [1.54, 1.807) is 69.3 Å². The van der Waals surface area contributed by atoms with Crippen molar-refractivity contribution in [2.24, 2.45) is 0 Å². The number of ether oxygens (including phenoxy) is 1. The van der Waals surface area contributed by atoms with Crippen LogP contribution in [-0.4, -0.2) is 39.2 Å². The second-order valence-corrected chi connectivity index (χ2v) is 8.37. The highest BCUT2D eigenvalue weighted by Gasteiger charge is 2.31. The molecule has 2 aromatic carbocycles. The predicted octanol–water partition coefficient (Wildman–Crippen LogP) is 3.36. The lowest BCUT2D eigenvalue weighted by molar-refractivity contribution is -0.117. The zero-order chi connectivity index (χ0) is 21.6. The molecule has 29 heavy (non-hydrogen) atoms. The highest BCUT2D eigenvalue weighted by atomic mass is 32.2. The van der Waals surface area contributed by atoms with E-state index in [1.165, 1.54) is 0 Å². The number of amides is 1. The summed E-state index contributed by atoms with van der Waals surface area (Å²) >= 11 is 0. The third kappa shape index (κ3) is 5.35. The van der Waals surface area contributed by atoms with Crippen molar-refractivity contribution >= 4 is 33.3 Å². The van der Waals surface area contributed by atoms with Gasteiger partial charge < -0.3 is 10.1 Å². The molecule has 0 aliphatic heterocycles. The minimum Gasteiger partial charge on any atom is -0.462 e. The van der Waals surface area contributed by atoms with Crippen molar-refractivity contribution in [3.8, 4) is 0 Å². The Balaban J connectivity index is 2.37. The van der Waals surface area contributed by atoms with Crippen molar-refractivity contribution in [2.75, 3.05) is 22.5 Å². The van der Waals surface area contributed by atoms with Crippen LogP contribution in [0.1, 0.15) is 36.2 Å². The molecule has 156 valence electrons. The Morgan fingerprint density at radius 1 is 1.07 bits per heavy atom. The van der Waals surface area contributed by atoms with E-state index in [2.05, 4.69) is 5.32 Å². The highest BCUT2D eigenvalue weighted by Crippen LogP contribution is 2.25. The van der Waals surface area contributed by atoms with Crippen LogP contribution in [0, 0.1) is 6.92 Å². The first-order valence-electron chi connectivity index (χ1n) is 9.32. The number of anilines is 2. The molecule has 0 saturated heterocycles. The SMILES string of the molecule is CCOC(=O)c1cccc(NC(=O)C(CC)N(c2ccccc2)S(C)(=O)=O)c1C. The zero-order valence-electron chi connectivity index (χ0n) is 17.0. The van der Waals surface area contributed by atoms with Crippen LogP contribution in [0.15, 0.2) is 48.5 Å². The molecule has 0 aliphatic rings. The Hall–Kier alpha value is -2.87. The molecule has 0 aromatic heterocycles. The second-order valence-electron chi connectivity index (χ2n) is 6.51. The smallest absolute Gasteiger partial charge is 0.338 e. The number of esters is 1. The van der Waals surface area contributed by atoms with Crippen LogP contribution in [0.4, 0.5) is 11.4 Å². The molecule has 0 spiro atoms. The number of rotatable bonds is 8. The van der Waals surface area contributed by atoms with Crippen LogP contribution in [0.3, 0.4) is 0 Å². The van der Waals surface area contributed by atoms with Gasteiger partial charge in [-0.05, 0) is 50.1 Å². The van der Waals surface area contributed by atoms with E-state index in [4.69, 9.17) is 4.74 Å². The molecule has 2 aromatic rings. The van der Waals surface area contributed by atoms with Gasteiger partial charge in [0.05, 0.1) is 24.1 Å². The van der Waals surface area contributed by atoms with Gasteiger partial charge in [0, 0.05) is 5.69 Å². The van der Waals surface area contributed by atoms with Crippen LogP contribution in [0.2, 0.25) is 0 Å². The number of hydrogen-bond donors (Lipinski definition) is 1. The zero-order valence-corrected chi connectivity index (χ0v) is 17.8. The van der Waals surface area contributed by atoms with Gasteiger partial charge >= 0.3 is 5.97 Å². The van der Waals surface area contributed by atoms with Crippen molar-refractivity contribution in [1.29, 1.82) is 0 Å². The van der Waals surface area contributed by atoms with Crippen LogP contribution in [-0.2, 0) is 19.6 Å². The van der Waals surface area contributed by atoms with Gasteiger partial charge in [-0.1, -0.05) is 31.2 Å². The molecule has 7 nitrogen and oxygen atoms in total. The first-order valence-corrected chi connectivity index (χ1v) is 11.2. The fourth-order valence-electron chi connectivity index (χ4n) is 3.05. The summed E-state index contributed by atoms with van der Waals surface area (Å²) in [5, 5.41) is 2.77. The summed E-state index contributed by atoms with van der Waals surface area (Å²) in [5.74, 6) is -0.957. The molecule has 0 bridgehead atoms. The van der Waals surface area contributed by atoms with Crippen molar-refractivity contribution in [1.82, 2.24) is 0 Å². The van der Waals surface area contributed by atoms with Gasteiger partial charge in [-0.2, -0.15) is 0 Å². The molecular formula is C21H26N2O5S. The number of hydrogen-bond acceptors (Lipinski definition) is 5. The maximum atomic E-state index is 13.0. The summed E-state index contributed by atoms with van der Waals surface area (Å²) in [6.45, 7) is 5.41. The van der Waals surface area contributed by atoms with Crippen LogP contribution < -0.4 is 9.62 Å². The van der Waals surface area contributed by atoms with Gasteiger partial charge in [0.2, 0.25) is 15.9 Å². The number of nitrogens with zero attached hydrogens (tertiary/aromatic N) is 1. The highest BCUT2D eigenvalue weighted by molar-refractivity contribution is 7.92. The largest absolute Gasteiger partial charge is 0.462 e. The monoisotopic (exact) mass is 418 g/mol. The summed E-state index contributed by atoms with van der Waals surface area (Å²) in [7, 11) is -3.71. The topological polar surface area (TPSA) is 92.8 Å². The molecule has 0 aliphatic carbocycles. The molecular weight excluding hydrogens is 392 g/mol. The average Bonchev–Trinajstić information content (AvgIpc) is 2.67. The van der Waals surface area contributed by atoms with E-state index in [0.29, 0.717) is 22.5 Å². The van der Waals surface area contributed by atoms with Gasteiger partial charge in [0.1, 0.15) is 6.04 Å². The molecule has 1 N–H and O–H groups in total. The minimum absolute atomic E-state index is 0.243. The van der Waals surface area contributed by atoms with E-state index < -0.39 is 27.9 Å². The molecule has 0 fully saturated rings. The van der Waals surface area contributed by atoms with Crippen LogP contribution in [0.25, 0.3) is 0 Å². The van der Waals surface area contributed by atoms with Crippen molar-refractivity contribution in [3.05, 3.63) is 59.7 Å². The fraction of sp³-hybridized carbons (Fsp3) is 0.333.